The van der Waals surface area contributed by atoms with Gasteiger partial charge < -0.3 is 4.57 Å². The van der Waals surface area contributed by atoms with Gasteiger partial charge in [0.15, 0.2) is 5.65 Å². The molecule has 0 unspecified atom stereocenters. The van der Waals surface area contributed by atoms with Crippen molar-refractivity contribution in [2.75, 3.05) is 0 Å². The van der Waals surface area contributed by atoms with Gasteiger partial charge in [0, 0.05) is 13.2 Å². The van der Waals surface area contributed by atoms with Crippen LogP contribution in [0.25, 0.3) is 22.4 Å². The smallest absolute Gasteiger partial charge is 0.159 e. The van der Waals surface area contributed by atoms with E-state index in [0.717, 1.165) is 28.1 Å². The van der Waals surface area contributed by atoms with E-state index in [1.807, 2.05) is 23.9 Å². The molecule has 0 bridgehead atoms. The zero-order valence-corrected chi connectivity index (χ0v) is 11.8. The molecule has 0 amide bonds. The molecule has 0 N–H and O–H groups in total. The molecule has 2 aromatic heterocycles. The van der Waals surface area contributed by atoms with Gasteiger partial charge in [-0.1, -0.05) is 13.8 Å². The summed E-state index contributed by atoms with van der Waals surface area (Å²) in [6, 6.07) is 8.46. The Bertz CT molecular complexity index is 757. The first-order valence-corrected chi connectivity index (χ1v) is 6.64. The van der Waals surface area contributed by atoms with Gasteiger partial charge in [-0.15, -0.1) is 0 Å². The highest BCUT2D eigenvalue weighted by molar-refractivity contribution is 5.80. The van der Waals surface area contributed by atoms with Crippen molar-refractivity contribution in [1.82, 2.24) is 14.5 Å². The quantitative estimate of drug-likeness (QED) is 0.706. The van der Waals surface area contributed by atoms with Crippen LogP contribution in [0.1, 0.15) is 25.5 Å². The minimum atomic E-state index is -0.231. The predicted octanol–water partition coefficient (Wildman–Crippen LogP) is 3.90. The van der Waals surface area contributed by atoms with Crippen LogP contribution in [0.4, 0.5) is 4.39 Å². The number of benzene rings is 1. The van der Waals surface area contributed by atoms with E-state index in [-0.39, 0.29) is 5.82 Å². The molecule has 0 aliphatic carbocycles. The molecule has 0 fully saturated rings. The highest BCUT2D eigenvalue weighted by Crippen LogP contribution is 2.26. The van der Waals surface area contributed by atoms with E-state index in [1.165, 1.54) is 12.1 Å². The van der Waals surface area contributed by atoms with Crippen LogP contribution in [0.3, 0.4) is 0 Å². The maximum absolute atomic E-state index is 13.0. The second-order valence-corrected chi connectivity index (χ2v) is 5.25. The molecule has 0 radical (unpaired) electrons. The minimum absolute atomic E-state index is 0.231. The molecular weight excluding hydrogens is 253 g/mol. The van der Waals surface area contributed by atoms with Crippen molar-refractivity contribution in [2.45, 2.75) is 19.8 Å². The second-order valence-electron chi connectivity index (χ2n) is 5.25. The van der Waals surface area contributed by atoms with Gasteiger partial charge in [0.05, 0.1) is 11.4 Å². The molecule has 0 aliphatic heterocycles. The third-order valence-corrected chi connectivity index (χ3v) is 3.48. The summed E-state index contributed by atoms with van der Waals surface area (Å²) in [6.07, 6.45) is 1.82. The average molecular weight is 269 g/mol. The maximum atomic E-state index is 13.0. The first-order valence-electron chi connectivity index (χ1n) is 6.64. The van der Waals surface area contributed by atoms with Crippen LogP contribution in [0.2, 0.25) is 0 Å². The lowest BCUT2D eigenvalue weighted by Crippen LogP contribution is -1.98. The molecule has 20 heavy (non-hydrogen) atoms. The number of halogens is 1. The van der Waals surface area contributed by atoms with Gasteiger partial charge in [-0.25, -0.2) is 9.37 Å². The second kappa shape index (κ2) is 4.71. The summed E-state index contributed by atoms with van der Waals surface area (Å²) in [5.74, 6) is 0.113. The van der Waals surface area contributed by atoms with Crippen LogP contribution < -0.4 is 0 Å². The SMILES string of the molecule is CC(C)c1cnc2cc(-c3ccc(F)cc3)n(C)c2n1. The van der Waals surface area contributed by atoms with Crippen LogP contribution in [0.5, 0.6) is 0 Å². The fourth-order valence-corrected chi connectivity index (χ4v) is 2.27. The normalized spacial score (nSPS) is 11.4. The number of aromatic nitrogens is 3. The van der Waals surface area contributed by atoms with Crippen molar-refractivity contribution in [3.63, 3.8) is 0 Å². The molecule has 0 saturated carbocycles. The monoisotopic (exact) mass is 269 g/mol. The molecule has 3 rings (SSSR count). The van der Waals surface area contributed by atoms with Crippen molar-refractivity contribution in [3.05, 3.63) is 48.0 Å². The summed E-state index contributed by atoms with van der Waals surface area (Å²) < 4.78 is 15.0. The summed E-state index contributed by atoms with van der Waals surface area (Å²) in [4.78, 5) is 9.13. The topological polar surface area (TPSA) is 30.7 Å². The molecule has 0 aliphatic rings. The Balaban J connectivity index is 2.17. The summed E-state index contributed by atoms with van der Waals surface area (Å²) in [7, 11) is 1.96. The zero-order chi connectivity index (χ0) is 14.3. The van der Waals surface area contributed by atoms with Crippen molar-refractivity contribution >= 4 is 11.2 Å². The summed E-state index contributed by atoms with van der Waals surface area (Å²) in [5.41, 5.74) is 4.64. The number of hydrogen-bond donors (Lipinski definition) is 0. The Morgan fingerprint density at radius 3 is 2.50 bits per heavy atom. The van der Waals surface area contributed by atoms with Crippen molar-refractivity contribution in [3.8, 4) is 11.3 Å². The van der Waals surface area contributed by atoms with Gasteiger partial charge in [-0.05, 0) is 41.8 Å². The summed E-state index contributed by atoms with van der Waals surface area (Å²) in [6.45, 7) is 4.19. The van der Waals surface area contributed by atoms with E-state index in [0.29, 0.717) is 5.92 Å². The number of aryl methyl sites for hydroxylation is 1. The Morgan fingerprint density at radius 2 is 1.85 bits per heavy atom. The Kier molecular flexibility index (Phi) is 3.01. The third-order valence-electron chi connectivity index (χ3n) is 3.48. The van der Waals surface area contributed by atoms with Crippen LogP contribution >= 0.6 is 0 Å². The van der Waals surface area contributed by atoms with Gasteiger partial charge in [0.25, 0.3) is 0 Å². The first-order chi connectivity index (χ1) is 9.56. The van der Waals surface area contributed by atoms with E-state index >= 15 is 0 Å². The lowest BCUT2D eigenvalue weighted by Gasteiger charge is -2.06. The van der Waals surface area contributed by atoms with Gasteiger partial charge in [0.2, 0.25) is 0 Å². The molecular formula is C16H16FN3. The zero-order valence-electron chi connectivity index (χ0n) is 11.8. The average Bonchev–Trinajstić information content (AvgIpc) is 2.76. The largest absolute Gasteiger partial charge is 0.327 e. The van der Waals surface area contributed by atoms with Gasteiger partial charge in [-0.2, -0.15) is 0 Å². The Labute approximate surface area is 117 Å². The molecule has 0 saturated heterocycles. The maximum Gasteiger partial charge on any atom is 0.159 e. The summed E-state index contributed by atoms with van der Waals surface area (Å²) in [5, 5.41) is 0. The summed E-state index contributed by atoms with van der Waals surface area (Å²) >= 11 is 0. The third kappa shape index (κ3) is 2.07. The number of hydrogen-bond acceptors (Lipinski definition) is 2. The molecule has 1 aromatic carbocycles. The first kappa shape index (κ1) is 12.8. The number of fused-ring (bicyclic) bond motifs is 1. The molecule has 0 spiro atoms. The lowest BCUT2D eigenvalue weighted by atomic mass is 10.1. The van der Waals surface area contributed by atoms with E-state index < -0.39 is 0 Å². The minimum Gasteiger partial charge on any atom is -0.327 e. The molecule has 102 valence electrons. The molecule has 0 atom stereocenters. The number of rotatable bonds is 2. The Hall–Kier alpha value is -2.23. The highest BCUT2D eigenvalue weighted by Gasteiger charge is 2.12. The number of nitrogens with zero attached hydrogens (tertiary/aromatic N) is 3. The highest BCUT2D eigenvalue weighted by atomic mass is 19.1. The van der Waals surface area contributed by atoms with E-state index in [2.05, 4.69) is 23.8 Å². The standard InChI is InChI=1S/C16H16FN3/c1-10(2)14-9-18-13-8-15(20(3)16(13)19-14)11-4-6-12(17)7-5-11/h4-10H,1-3H3. The molecule has 4 heteroatoms. The van der Waals surface area contributed by atoms with Gasteiger partial charge in [0.1, 0.15) is 11.3 Å². The molecule has 3 aromatic rings. The fraction of sp³-hybridized carbons (Fsp3) is 0.250. The van der Waals surface area contributed by atoms with Gasteiger partial charge >= 0.3 is 0 Å². The predicted molar refractivity (Wildman–Crippen MR) is 78.0 cm³/mol. The van der Waals surface area contributed by atoms with E-state index in [9.17, 15) is 4.39 Å². The van der Waals surface area contributed by atoms with Crippen LogP contribution in [-0.4, -0.2) is 14.5 Å². The van der Waals surface area contributed by atoms with Crippen LogP contribution in [0, 0.1) is 5.82 Å². The Morgan fingerprint density at radius 1 is 1.15 bits per heavy atom. The lowest BCUT2D eigenvalue weighted by molar-refractivity contribution is 0.628. The van der Waals surface area contributed by atoms with E-state index in [1.54, 1.807) is 12.1 Å². The van der Waals surface area contributed by atoms with Crippen LogP contribution in [0.15, 0.2) is 36.5 Å². The molecule has 3 nitrogen and oxygen atoms in total. The van der Waals surface area contributed by atoms with Crippen LogP contribution in [-0.2, 0) is 7.05 Å². The van der Waals surface area contributed by atoms with Crippen molar-refractivity contribution in [1.29, 1.82) is 0 Å². The molecule has 2 heterocycles. The van der Waals surface area contributed by atoms with E-state index in [4.69, 9.17) is 0 Å². The van der Waals surface area contributed by atoms with Gasteiger partial charge in [-0.3, -0.25) is 4.98 Å². The van der Waals surface area contributed by atoms with Crippen molar-refractivity contribution < 1.29 is 4.39 Å². The fourth-order valence-electron chi connectivity index (χ4n) is 2.27. The van der Waals surface area contributed by atoms with Crippen molar-refractivity contribution in [2.24, 2.45) is 7.05 Å².